The molecule has 0 radical (unpaired) electrons. The maximum absolute atomic E-state index is 11.6. The smallest absolute Gasteiger partial charge is 0.152 e. The first kappa shape index (κ1) is 9.46. The highest BCUT2D eigenvalue weighted by atomic mass is 32.2. The van der Waals surface area contributed by atoms with Crippen LogP contribution in [0.15, 0.2) is 0 Å². The van der Waals surface area contributed by atoms with Crippen LogP contribution in [0.3, 0.4) is 0 Å². The van der Waals surface area contributed by atoms with E-state index < -0.39 is 9.84 Å². The molecule has 0 bridgehead atoms. The highest BCUT2D eigenvalue weighted by molar-refractivity contribution is 7.91. The van der Waals surface area contributed by atoms with E-state index in [0.717, 1.165) is 32.2 Å². The first-order valence-electron chi connectivity index (χ1n) is 5.09. The lowest BCUT2D eigenvalue weighted by Gasteiger charge is -2.09. The first-order chi connectivity index (χ1) is 6.16. The largest absolute Gasteiger partial charge is 0.313 e. The molecular weight excluding hydrogens is 186 g/mol. The molecule has 2 aliphatic rings. The SMILES string of the molecule is O=S(=O)(CC1CC1)CC1CCCN1. The van der Waals surface area contributed by atoms with Gasteiger partial charge in [-0.3, -0.25) is 0 Å². The number of hydrogen-bond donors (Lipinski definition) is 1. The zero-order chi connectivity index (χ0) is 9.31. The second-order valence-electron chi connectivity index (χ2n) is 4.31. The molecule has 0 aromatic rings. The van der Waals surface area contributed by atoms with Crippen LogP contribution < -0.4 is 5.32 Å². The van der Waals surface area contributed by atoms with Gasteiger partial charge < -0.3 is 5.32 Å². The summed E-state index contributed by atoms with van der Waals surface area (Å²) in [7, 11) is -2.76. The van der Waals surface area contributed by atoms with E-state index >= 15 is 0 Å². The Kier molecular flexibility index (Phi) is 2.60. The number of hydrogen-bond acceptors (Lipinski definition) is 3. The van der Waals surface area contributed by atoms with Crippen molar-refractivity contribution >= 4 is 9.84 Å². The van der Waals surface area contributed by atoms with Gasteiger partial charge in [0.05, 0.1) is 11.5 Å². The molecule has 3 nitrogen and oxygen atoms in total. The Bertz CT molecular complexity index is 263. The van der Waals surface area contributed by atoms with Crippen molar-refractivity contribution in [1.29, 1.82) is 0 Å². The van der Waals surface area contributed by atoms with E-state index in [1.54, 1.807) is 0 Å². The van der Waals surface area contributed by atoms with Crippen LogP contribution in [0.5, 0.6) is 0 Å². The summed E-state index contributed by atoms with van der Waals surface area (Å²) < 4.78 is 23.2. The van der Waals surface area contributed by atoms with Crippen LogP contribution in [0.4, 0.5) is 0 Å². The molecule has 4 heteroatoms. The molecule has 1 unspecified atom stereocenters. The van der Waals surface area contributed by atoms with Gasteiger partial charge in [0.15, 0.2) is 9.84 Å². The van der Waals surface area contributed by atoms with E-state index in [0.29, 0.717) is 17.4 Å². The zero-order valence-electron chi connectivity index (χ0n) is 7.83. The molecule has 76 valence electrons. The lowest BCUT2D eigenvalue weighted by molar-refractivity contribution is 0.573. The molecule has 1 saturated heterocycles. The van der Waals surface area contributed by atoms with Gasteiger partial charge in [-0.25, -0.2) is 8.42 Å². The Balaban J connectivity index is 1.83. The average Bonchev–Trinajstić information content (AvgIpc) is 2.64. The summed E-state index contributed by atoms with van der Waals surface area (Å²) in [4.78, 5) is 0. The van der Waals surface area contributed by atoms with Gasteiger partial charge in [-0.2, -0.15) is 0 Å². The fourth-order valence-electron chi connectivity index (χ4n) is 1.92. The molecule has 0 aromatic heterocycles. The van der Waals surface area contributed by atoms with Crippen molar-refractivity contribution in [2.45, 2.75) is 31.7 Å². The minimum atomic E-state index is -2.76. The minimum Gasteiger partial charge on any atom is -0.313 e. The fourth-order valence-corrected chi connectivity index (χ4v) is 4.00. The van der Waals surface area contributed by atoms with Crippen LogP contribution >= 0.6 is 0 Å². The summed E-state index contributed by atoms with van der Waals surface area (Å²) in [6.07, 6.45) is 4.40. The van der Waals surface area contributed by atoms with Crippen molar-refractivity contribution in [3.63, 3.8) is 0 Å². The Hall–Kier alpha value is -0.0900. The van der Waals surface area contributed by atoms with Gasteiger partial charge in [0, 0.05) is 6.04 Å². The molecule has 1 N–H and O–H groups in total. The van der Waals surface area contributed by atoms with Crippen LogP contribution in [0.25, 0.3) is 0 Å². The van der Waals surface area contributed by atoms with E-state index in [-0.39, 0.29) is 6.04 Å². The monoisotopic (exact) mass is 203 g/mol. The molecule has 0 aromatic carbocycles. The minimum absolute atomic E-state index is 0.240. The van der Waals surface area contributed by atoms with E-state index in [1.165, 1.54) is 0 Å². The summed E-state index contributed by atoms with van der Waals surface area (Å²) in [5, 5.41) is 3.23. The standard InChI is InChI=1S/C9H17NO2S/c11-13(12,6-8-3-4-8)7-9-2-1-5-10-9/h8-10H,1-7H2. The van der Waals surface area contributed by atoms with E-state index in [9.17, 15) is 8.42 Å². The predicted molar refractivity (Wildman–Crippen MR) is 52.4 cm³/mol. The second kappa shape index (κ2) is 3.58. The normalized spacial score (nSPS) is 29.4. The van der Waals surface area contributed by atoms with Gasteiger partial charge in [-0.05, 0) is 38.1 Å². The van der Waals surface area contributed by atoms with Crippen molar-refractivity contribution in [2.24, 2.45) is 5.92 Å². The third-order valence-corrected chi connectivity index (χ3v) is 4.69. The molecule has 1 atom stereocenters. The Labute approximate surface area is 79.8 Å². The van der Waals surface area contributed by atoms with Crippen molar-refractivity contribution in [3.05, 3.63) is 0 Å². The van der Waals surface area contributed by atoms with Gasteiger partial charge in [0.1, 0.15) is 0 Å². The summed E-state index contributed by atoms with van der Waals surface area (Å²) in [5.41, 5.74) is 0. The molecule has 0 amide bonds. The van der Waals surface area contributed by atoms with Crippen LogP contribution in [0.1, 0.15) is 25.7 Å². The second-order valence-corrected chi connectivity index (χ2v) is 6.47. The Morgan fingerprint density at radius 1 is 1.15 bits per heavy atom. The Morgan fingerprint density at radius 2 is 1.92 bits per heavy atom. The molecule has 0 spiro atoms. The third kappa shape index (κ3) is 2.95. The Morgan fingerprint density at radius 3 is 2.46 bits per heavy atom. The van der Waals surface area contributed by atoms with Crippen LogP contribution in [0.2, 0.25) is 0 Å². The lowest BCUT2D eigenvalue weighted by Crippen LogP contribution is -2.31. The zero-order valence-corrected chi connectivity index (χ0v) is 8.65. The third-order valence-electron chi connectivity index (χ3n) is 2.80. The lowest BCUT2D eigenvalue weighted by atomic mass is 10.3. The summed E-state index contributed by atoms with van der Waals surface area (Å²) in [6.45, 7) is 0.990. The molecule has 13 heavy (non-hydrogen) atoms. The highest BCUT2D eigenvalue weighted by Crippen LogP contribution is 2.30. The van der Waals surface area contributed by atoms with Crippen LogP contribution in [0, 0.1) is 5.92 Å². The van der Waals surface area contributed by atoms with Crippen molar-refractivity contribution in [3.8, 4) is 0 Å². The quantitative estimate of drug-likeness (QED) is 0.726. The maximum atomic E-state index is 11.6. The average molecular weight is 203 g/mol. The summed E-state index contributed by atoms with van der Waals surface area (Å²) in [6, 6.07) is 0.240. The first-order valence-corrected chi connectivity index (χ1v) is 6.92. The topological polar surface area (TPSA) is 46.2 Å². The van der Waals surface area contributed by atoms with E-state index in [4.69, 9.17) is 0 Å². The summed E-state index contributed by atoms with van der Waals surface area (Å²) >= 11 is 0. The molecule has 1 heterocycles. The molecule has 1 aliphatic carbocycles. The fraction of sp³-hybridized carbons (Fsp3) is 1.00. The van der Waals surface area contributed by atoms with Crippen molar-refractivity contribution < 1.29 is 8.42 Å². The van der Waals surface area contributed by atoms with Gasteiger partial charge in [-0.15, -0.1) is 0 Å². The van der Waals surface area contributed by atoms with Crippen LogP contribution in [-0.2, 0) is 9.84 Å². The number of nitrogens with one attached hydrogen (secondary N) is 1. The predicted octanol–water partition coefficient (Wildman–Crippen LogP) is 0.563. The van der Waals surface area contributed by atoms with Gasteiger partial charge in [0.25, 0.3) is 0 Å². The van der Waals surface area contributed by atoms with Gasteiger partial charge >= 0.3 is 0 Å². The van der Waals surface area contributed by atoms with E-state index in [1.807, 2.05) is 0 Å². The molecule has 2 fully saturated rings. The molecule has 1 aliphatic heterocycles. The van der Waals surface area contributed by atoms with Gasteiger partial charge in [0.2, 0.25) is 0 Å². The van der Waals surface area contributed by atoms with Crippen molar-refractivity contribution in [1.82, 2.24) is 5.32 Å². The molecule has 2 rings (SSSR count). The highest BCUT2D eigenvalue weighted by Gasteiger charge is 2.30. The maximum Gasteiger partial charge on any atom is 0.152 e. The number of rotatable bonds is 4. The van der Waals surface area contributed by atoms with Crippen LogP contribution in [-0.4, -0.2) is 32.5 Å². The number of sulfone groups is 1. The molecular formula is C9H17NO2S. The van der Waals surface area contributed by atoms with Gasteiger partial charge in [-0.1, -0.05) is 0 Å². The van der Waals surface area contributed by atoms with E-state index in [2.05, 4.69) is 5.32 Å². The summed E-state index contributed by atoms with van der Waals surface area (Å²) in [5.74, 6) is 1.29. The van der Waals surface area contributed by atoms with Crippen molar-refractivity contribution in [2.75, 3.05) is 18.1 Å². The molecule has 1 saturated carbocycles.